The smallest absolute Gasteiger partial charge is 0.609 e. The second kappa shape index (κ2) is 12.4. The normalized spacial score (nSPS) is 15.6. The first-order valence-corrected chi connectivity index (χ1v) is 8.90. The molecule has 0 radical (unpaired) electrons. The predicted octanol–water partition coefficient (Wildman–Crippen LogP) is 3.42. The van der Waals surface area contributed by atoms with Crippen LogP contribution in [0.1, 0.15) is 55.4 Å². The van der Waals surface area contributed by atoms with Crippen LogP contribution in [0.15, 0.2) is 30.9 Å². The van der Waals surface area contributed by atoms with E-state index < -0.39 is 6.75 Å². The molecule has 0 atom stereocenters. The molecule has 0 aromatic heterocycles. The van der Waals surface area contributed by atoms with E-state index in [-0.39, 0.29) is 46.5 Å². The molecular weight excluding hydrogens is 383 g/mol. The summed E-state index contributed by atoms with van der Waals surface area (Å²) in [5, 5.41) is 49.0. The molecule has 0 aromatic carbocycles. The molecule has 0 aromatic rings. The van der Waals surface area contributed by atoms with Crippen LogP contribution in [0.5, 0.6) is 0 Å². The zero-order valence-electron chi connectivity index (χ0n) is 18.1. The average Bonchev–Trinajstić information content (AvgIpc) is 2.71. The summed E-state index contributed by atoms with van der Waals surface area (Å²) in [7, 11) is 0. The van der Waals surface area contributed by atoms with Crippen molar-refractivity contribution >= 4 is 41.0 Å². The molecule has 29 heavy (non-hydrogen) atoms. The minimum Gasteiger partial charge on any atom is -0.792 e. The number of oxime groups is 5. The van der Waals surface area contributed by atoms with E-state index in [2.05, 4.69) is 30.9 Å². The highest BCUT2D eigenvalue weighted by molar-refractivity contribution is 6.61. The maximum absolute atomic E-state index is 10.7. The highest BCUT2D eigenvalue weighted by Crippen LogP contribution is 2.23. The molecule has 0 bridgehead atoms. The van der Waals surface area contributed by atoms with Crippen molar-refractivity contribution in [2.75, 3.05) is 0 Å². The molecular formula is C16H29BN6O6-2. The lowest BCUT2D eigenvalue weighted by Gasteiger charge is -2.35. The Morgan fingerprint density at radius 2 is 1.07 bits per heavy atom. The third kappa shape index (κ3) is 9.08. The fraction of sp³-hybridized carbons (Fsp3) is 0.625. The number of rotatable bonds is 11. The highest BCUT2D eigenvalue weighted by atomic mass is 16.9. The molecule has 0 amide bonds. The van der Waals surface area contributed by atoms with Gasteiger partial charge in [-0.25, -0.2) is 0 Å². The monoisotopic (exact) mass is 412 g/mol. The van der Waals surface area contributed by atoms with Crippen molar-refractivity contribution in [3.05, 3.63) is 5.21 Å². The van der Waals surface area contributed by atoms with Crippen LogP contribution < -0.4 is 0 Å². The van der Waals surface area contributed by atoms with Gasteiger partial charge in [-0.15, -0.1) is 15.5 Å². The highest BCUT2D eigenvalue weighted by Gasteiger charge is 2.39. The van der Waals surface area contributed by atoms with Gasteiger partial charge in [-0.1, -0.05) is 30.1 Å². The Morgan fingerprint density at radius 1 is 0.724 bits per heavy atom. The van der Waals surface area contributed by atoms with Crippen molar-refractivity contribution in [3.8, 4) is 0 Å². The van der Waals surface area contributed by atoms with Gasteiger partial charge >= 0.3 is 6.75 Å². The van der Waals surface area contributed by atoms with Crippen LogP contribution in [0, 0.1) is 11.1 Å². The predicted molar refractivity (Wildman–Crippen MR) is 114 cm³/mol. The molecule has 0 aliphatic rings. The maximum Gasteiger partial charge on any atom is 0.609 e. The molecule has 0 saturated carbocycles. The third-order valence-electron chi connectivity index (χ3n) is 3.82. The molecule has 0 aliphatic carbocycles. The molecule has 0 heterocycles. The summed E-state index contributed by atoms with van der Waals surface area (Å²) in [5.74, 6) is 0.00556. The topological polar surface area (TPSA) is 165 Å². The van der Waals surface area contributed by atoms with Gasteiger partial charge in [-0.2, -0.15) is 0 Å². The summed E-state index contributed by atoms with van der Waals surface area (Å²) in [6.45, 7) is 10.2. The van der Waals surface area contributed by atoms with E-state index in [0.29, 0.717) is 0 Å². The molecule has 0 aliphatic heterocycles. The zero-order valence-corrected chi connectivity index (χ0v) is 18.1. The summed E-state index contributed by atoms with van der Waals surface area (Å²) in [6, 6.07) is 0. The van der Waals surface area contributed by atoms with Crippen LogP contribution in [0.2, 0.25) is 6.32 Å². The maximum atomic E-state index is 10.7. The summed E-state index contributed by atoms with van der Waals surface area (Å²) in [4.78, 5) is 0. The van der Waals surface area contributed by atoms with E-state index in [1.165, 1.54) is 27.7 Å². The number of hydrogen-bond donors (Lipinski definition) is 2. The van der Waals surface area contributed by atoms with Crippen LogP contribution in [-0.4, -0.2) is 51.4 Å². The van der Waals surface area contributed by atoms with Crippen molar-refractivity contribution in [3.63, 3.8) is 0 Å². The Morgan fingerprint density at radius 3 is 1.34 bits per heavy atom. The second-order valence-corrected chi connectivity index (χ2v) is 6.81. The van der Waals surface area contributed by atoms with E-state index in [1.54, 1.807) is 13.8 Å². The molecule has 0 saturated heterocycles. The standard InChI is InChI=1S/C16H30BN6O6/c1-10(2)9-17(27-21-14(6)11(3)18-24,28-22-15(7)12(4)19-25)29-23-16(8)13(5)20-26/h10,24-26H,9H2,1-8H3/q-1/p-1/b18-11-,19-12-,20-13-,21-14-,22-15-,23-16-. The molecule has 0 rings (SSSR count). The Kier molecular flexibility index (Phi) is 11.0. The summed E-state index contributed by atoms with van der Waals surface area (Å²) in [5.41, 5.74) is 1.30. The summed E-state index contributed by atoms with van der Waals surface area (Å²) >= 11 is 0. The van der Waals surface area contributed by atoms with E-state index in [0.717, 1.165) is 0 Å². The molecule has 13 heteroatoms. The first kappa shape index (κ1) is 25.9. The fourth-order valence-electron chi connectivity index (χ4n) is 1.65. The SMILES string of the molecule is CC(=N/[O-])/C(C)=N\O[B-](CC(C)C)(O/N=C(C)\C(C)=N/O)O/N=C(C)\C(C)=N/O. The van der Waals surface area contributed by atoms with Gasteiger partial charge in [0.05, 0.1) is 22.8 Å². The minimum atomic E-state index is -2.73. The Bertz CT molecular complexity index is 641. The van der Waals surface area contributed by atoms with Crippen LogP contribution in [0.3, 0.4) is 0 Å². The lowest BCUT2D eigenvalue weighted by molar-refractivity contribution is 0.0634. The van der Waals surface area contributed by atoms with Crippen molar-refractivity contribution < 1.29 is 24.7 Å². The van der Waals surface area contributed by atoms with Crippen molar-refractivity contribution in [1.29, 1.82) is 0 Å². The van der Waals surface area contributed by atoms with E-state index in [4.69, 9.17) is 24.7 Å². The Balaban J connectivity index is 6.13. The second-order valence-electron chi connectivity index (χ2n) is 6.81. The summed E-state index contributed by atoms with van der Waals surface area (Å²) in [6.07, 6.45) is 0.183. The van der Waals surface area contributed by atoms with Gasteiger partial charge < -0.3 is 35.0 Å². The van der Waals surface area contributed by atoms with Crippen molar-refractivity contribution in [1.82, 2.24) is 0 Å². The van der Waals surface area contributed by atoms with E-state index >= 15 is 0 Å². The third-order valence-corrected chi connectivity index (χ3v) is 3.82. The average molecular weight is 412 g/mol. The molecule has 12 nitrogen and oxygen atoms in total. The quantitative estimate of drug-likeness (QED) is 0.228. The van der Waals surface area contributed by atoms with Gasteiger partial charge in [-0.05, 0) is 47.9 Å². The number of nitrogens with zero attached hydrogens (tertiary/aromatic N) is 6. The van der Waals surface area contributed by atoms with Gasteiger partial charge in [-0.3, -0.25) is 0 Å². The molecule has 0 spiro atoms. The molecule has 0 fully saturated rings. The van der Waals surface area contributed by atoms with Crippen molar-refractivity contribution in [2.24, 2.45) is 36.9 Å². The van der Waals surface area contributed by atoms with Gasteiger partial charge in [0.25, 0.3) is 0 Å². The Hall–Kier alpha value is -3.12. The fourth-order valence-corrected chi connectivity index (χ4v) is 1.65. The molecule has 0 unspecified atom stereocenters. The van der Waals surface area contributed by atoms with Gasteiger partial charge in [0.2, 0.25) is 0 Å². The summed E-state index contributed by atoms with van der Waals surface area (Å²) < 4.78 is 16.6. The van der Waals surface area contributed by atoms with E-state index in [1.807, 2.05) is 13.8 Å². The first-order valence-electron chi connectivity index (χ1n) is 8.90. The number of hydrogen-bond acceptors (Lipinski definition) is 12. The van der Waals surface area contributed by atoms with Crippen LogP contribution in [0.4, 0.5) is 0 Å². The minimum absolute atomic E-state index is 0.00556. The lowest BCUT2D eigenvalue weighted by Crippen LogP contribution is -2.44. The van der Waals surface area contributed by atoms with Gasteiger partial charge in [0, 0.05) is 0 Å². The van der Waals surface area contributed by atoms with Crippen LogP contribution in [-0.2, 0) is 14.3 Å². The lowest BCUT2D eigenvalue weighted by atomic mass is 9.70. The van der Waals surface area contributed by atoms with E-state index in [9.17, 15) is 5.21 Å². The molecule has 164 valence electrons. The van der Waals surface area contributed by atoms with Gasteiger partial charge in [0.1, 0.15) is 11.4 Å². The largest absolute Gasteiger partial charge is 0.792 e. The van der Waals surface area contributed by atoms with Crippen LogP contribution >= 0.6 is 0 Å². The van der Waals surface area contributed by atoms with Crippen LogP contribution in [0.25, 0.3) is 0 Å². The Labute approximate surface area is 170 Å². The zero-order chi connectivity index (χ0) is 22.6. The van der Waals surface area contributed by atoms with Gasteiger partial charge in [0.15, 0.2) is 0 Å². The van der Waals surface area contributed by atoms with Crippen molar-refractivity contribution in [2.45, 2.75) is 61.7 Å². The first-order chi connectivity index (χ1) is 13.5. The molecule has 2 N–H and O–H groups in total.